The molecule has 0 radical (unpaired) electrons. The predicted octanol–water partition coefficient (Wildman–Crippen LogP) is 4.19. The van der Waals surface area contributed by atoms with E-state index in [9.17, 15) is 9.59 Å². The Balaban J connectivity index is 1.48. The number of hydrazone groups is 1. The van der Waals surface area contributed by atoms with Crippen molar-refractivity contribution in [2.45, 2.75) is 12.8 Å². The molecule has 0 unspecified atom stereocenters. The maximum absolute atomic E-state index is 13.0. The van der Waals surface area contributed by atoms with E-state index in [2.05, 4.69) is 10.4 Å². The van der Waals surface area contributed by atoms with Gasteiger partial charge in [-0.05, 0) is 67.4 Å². The second-order valence-electron chi connectivity index (χ2n) is 7.16. The van der Waals surface area contributed by atoms with Gasteiger partial charge in [-0.25, -0.2) is 5.01 Å². The molecule has 3 aromatic rings. The Morgan fingerprint density at radius 2 is 1.81 bits per heavy atom. The molecule has 2 heterocycles. The smallest absolute Gasteiger partial charge is 0.291 e. The van der Waals surface area contributed by atoms with Crippen LogP contribution in [0.4, 0.5) is 5.69 Å². The lowest BCUT2D eigenvalue weighted by Crippen LogP contribution is -2.32. The summed E-state index contributed by atoms with van der Waals surface area (Å²) in [5.41, 5.74) is 2.75. The number of carbonyl (C=O) groups excluding carboxylic acids is 2. The van der Waals surface area contributed by atoms with Crippen molar-refractivity contribution in [3.8, 4) is 11.5 Å². The Morgan fingerprint density at radius 3 is 2.50 bits per heavy atom. The zero-order valence-corrected chi connectivity index (χ0v) is 17.8. The van der Waals surface area contributed by atoms with Crippen LogP contribution in [0.3, 0.4) is 0 Å². The highest BCUT2D eigenvalue weighted by Gasteiger charge is 2.21. The van der Waals surface area contributed by atoms with Gasteiger partial charge in [-0.2, -0.15) is 5.10 Å². The van der Waals surface area contributed by atoms with Gasteiger partial charge in [0, 0.05) is 23.4 Å². The van der Waals surface area contributed by atoms with Crippen LogP contribution in [0.5, 0.6) is 11.5 Å². The molecule has 1 N–H and O–H groups in total. The van der Waals surface area contributed by atoms with Crippen LogP contribution in [0.25, 0.3) is 0 Å². The summed E-state index contributed by atoms with van der Waals surface area (Å²) in [7, 11) is 3.17. The molecule has 0 saturated heterocycles. The molecule has 0 aliphatic carbocycles. The lowest BCUT2D eigenvalue weighted by molar-refractivity contribution is 0.0751. The molecule has 32 heavy (non-hydrogen) atoms. The molecule has 2 amide bonds. The largest absolute Gasteiger partial charge is 0.493 e. The normalized spacial score (nSPS) is 13.3. The fourth-order valence-corrected chi connectivity index (χ4v) is 3.45. The molecule has 4 rings (SSSR count). The van der Waals surface area contributed by atoms with Gasteiger partial charge in [-0.1, -0.05) is 0 Å². The predicted molar refractivity (Wildman–Crippen MR) is 119 cm³/mol. The first-order valence-electron chi connectivity index (χ1n) is 10.2. The summed E-state index contributed by atoms with van der Waals surface area (Å²) >= 11 is 0. The molecule has 1 aromatic heterocycles. The third-order valence-corrected chi connectivity index (χ3v) is 5.11. The number of anilines is 1. The van der Waals surface area contributed by atoms with Crippen molar-refractivity contribution in [1.82, 2.24) is 5.01 Å². The van der Waals surface area contributed by atoms with E-state index in [1.54, 1.807) is 50.6 Å². The topological polar surface area (TPSA) is 93.4 Å². The van der Waals surface area contributed by atoms with Crippen molar-refractivity contribution in [2.75, 3.05) is 26.1 Å². The van der Waals surface area contributed by atoms with E-state index >= 15 is 0 Å². The molecule has 1 aliphatic rings. The Morgan fingerprint density at radius 1 is 1.03 bits per heavy atom. The van der Waals surface area contributed by atoms with Crippen LogP contribution < -0.4 is 14.8 Å². The number of hydrogen-bond donors (Lipinski definition) is 1. The minimum Gasteiger partial charge on any atom is -0.493 e. The summed E-state index contributed by atoms with van der Waals surface area (Å²) in [6.45, 7) is 0.534. The molecule has 0 saturated carbocycles. The number of carbonyl (C=O) groups is 2. The molecule has 0 fully saturated rings. The first-order chi connectivity index (χ1) is 15.6. The van der Waals surface area contributed by atoms with E-state index in [1.165, 1.54) is 11.3 Å². The summed E-state index contributed by atoms with van der Waals surface area (Å²) in [5, 5.41) is 8.80. The van der Waals surface area contributed by atoms with E-state index in [-0.39, 0.29) is 17.6 Å². The highest BCUT2D eigenvalue weighted by atomic mass is 16.5. The lowest BCUT2D eigenvalue weighted by atomic mass is 10.0. The monoisotopic (exact) mass is 433 g/mol. The maximum atomic E-state index is 13.0. The second kappa shape index (κ2) is 9.38. The van der Waals surface area contributed by atoms with Crippen molar-refractivity contribution in [1.29, 1.82) is 0 Å². The fourth-order valence-electron chi connectivity index (χ4n) is 3.45. The molecule has 2 aromatic carbocycles. The standard InChI is InChI=1S/C24H23N3O5/c1-30-20-12-9-17(15-22(20)31-2)19-5-3-13-27(26-19)24(29)16-7-10-18(11-8-16)25-23(28)21-6-4-14-32-21/h4,6-12,14-15H,3,5,13H2,1-2H3,(H,25,28). The SMILES string of the molecule is COc1ccc(C2=NN(C(=O)c3ccc(NC(=O)c4ccco4)cc3)CCC2)cc1OC. The summed E-state index contributed by atoms with van der Waals surface area (Å²) < 4.78 is 15.7. The third kappa shape index (κ3) is 4.49. The zero-order chi connectivity index (χ0) is 22.5. The van der Waals surface area contributed by atoms with Crippen LogP contribution in [0.1, 0.15) is 39.3 Å². The minimum atomic E-state index is -0.353. The van der Waals surface area contributed by atoms with Crippen molar-refractivity contribution >= 4 is 23.2 Å². The summed E-state index contributed by atoms with van der Waals surface area (Å²) in [5.74, 6) is 0.916. The molecule has 8 heteroatoms. The molecule has 1 aliphatic heterocycles. The van der Waals surface area contributed by atoms with E-state index in [0.29, 0.717) is 29.3 Å². The molecular weight excluding hydrogens is 410 g/mol. The van der Waals surface area contributed by atoms with Gasteiger partial charge in [-0.3, -0.25) is 9.59 Å². The number of benzene rings is 2. The van der Waals surface area contributed by atoms with Crippen molar-refractivity contribution < 1.29 is 23.5 Å². The average molecular weight is 433 g/mol. The first-order valence-corrected chi connectivity index (χ1v) is 10.2. The highest BCUT2D eigenvalue weighted by Crippen LogP contribution is 2.29. The van der Waals surface area contributed by atoms with Crippen LogP contribution in [-0.2, 0) is 0 Å². The average Bonchev–Trinajstić information content (AvgIpc) is 3.39. The van der Waals surface area contributed by atoms with Crippen LogP contribution in [0, 0.1) is 0 Å². The van der Waals surface area contributed by atoms with Crippen LogP contribution >= 0.6 is 0 Å². The molecule has 8 nitrogen and oxygen atoms in total. The van der Waals surface area contributed by atoms with Gasteiger partial charge in [0.2, 0.25) is 0 Å². The lowest BCUT2D eigenvalue weighted by Gasteiger charge is -2.24. The first kappa shape index (κ1) is 21.2. The Bertz CT molecular complexity index is 1140. The van der Waals surface area contributed by atoms with Crippen LogP contribution in [0.2, 0.25) is 0 Å². The highest BCUT2D eigenvalue weighted by molar-refractivity contribution is 6.04. The Labute approximate surface area is 185 Å². The number of furan rings is 1. The molecule has 0 bridgehead atoms. The summed E-state index contributed by atoms with van der Waals surface area (Å²) in [6, 6.07) is 15.5. The van der Waals surface area contributed by atoms with Crippen molar-refractivity contribution in [3.63, 3.8) is 0 Å². The third-order valence-electron chi connectivity index (χ3n) is 5.11. The fraction of sp³-hybridized carbons (Fsp3) is 0.208. The van der Waals surface area contributed by atoms with Crippen LogP contribution in [-0.4, -0.2) is 43.3 Å². The van der Waals surface area contributed by atoms with Gasteiger partial charge < -0.3 is 19.2 Å². The number of nitrogens with one attached hydrogen (secondary N) is 1. The minimum absolute atomic E-state index is 0.202. The number of ether oxygens (including phenoxy) is 2. The molecule has 0 spiro atoms. The van der Waals surface area contributed by atoms with Crippen LogP contribution in [0.15, 0.2) is 70.4 Å². The van der Waals surface area contributed by atoms with E-state index in [0.717, 1.165) is 24.1 Å². The van der Waals surface area contributed by atoms with Crippen molar-refractivity contribution in [2.24, 2.45) is 5.10 Å². The van der Waals surface area contributed by atoms with Gasteiger partial charge in [-0.15, -0.1) is 0 Å². The van der Waals surface area contributed by atoms with E-state index in [1.807, 2.05) is 18.2 Å². The number of nitrogens with zero attached hydrogens (tertiary/aromatic N) is 2. The second-order valence-corrected chi connectivity index (χ2v) is 7.16. The Hall–Kier alpha value is -4.07. The molecule has 164 valence electrons. The summed E-state index contributed by atoms with van der Waals surface area (Å²) in [4.78, 5) is 25.1. The number of hydrogen-bond acceptors (Lipinski definition) is 6. The zero-order valence-electron chi connectivity index (χ0n) is 17.8. The van der Waals surface area contributed by atoms with Gasteiger partial charge in [0.25, 0.3) is 11.8 Å². The van der Waals surface area contributed by atoms with Gasteiger partial charge >= 0.3 is 0 Å². The van der Waals surface area contributed by atoms with E-state index in [4.69, 9.17) is 13.9 Å². The maximum Gasteiger partial charge on any atom is 0.291 e. The van der Waals surface area contributed by atoms with Gasteiger partial charge in [0.15, 0.2) is 17.3 Å². The Kier molecular flexibility index (Phi) is 6.21. The van der Waals surface area contributed by atoms with Gasteiger partial charge in [0.1, 0.15) is 0 Å². The molecular formula is C24H23N3O5. The number of rotatable bonds is 6. The number of amides is 2. The van der Waals surface area contributed by atoms with E-state index < -0.39 is 0 Å². The molecule has 0 atom stereocenters. The summed E-state index contributed by atoms with van der Waals surface area (Å²) in [6.07, 6.45) is 3.00. The van der Waals surface area contributed by atoms with Crippen molar-refractivity contribution in [3.05, 3.63) is 77.7 Å². The quantitative estimate of drug-likeness (QED) is 0.629. The number of methoxy groups -OCH3 is 2. The van der Waals surface area contributed by atoms with Gasteiger partial charge in [0.05, 0.1) is 26.2 Å².